The summed E-state index contributed by atoms with van der Waals surface area (Å²) in [6.07, 6.45) is 4.10. The van der Waals surface area contributed by atoms with Crippen molar-refractivity contribution >= 4 is 15.9 Å². The molecule has 0 aromatic rings. The van der Waals surface area contributed by atoms with Gasteiger partial charge >= 0.3 is 0 Å². The molecule has 0 aromatic carbocycles. The van der Waals surface area contributed by atoms with E-state index >= 15 is 0 Å². The SMILES string of the molecule is CC[C@@H]1OCCC[C@H]1Br. The van der Waals surface area contributed by atoms with Crippen LogP contribution in [0.4, 0.5) is 0 Å². The van der Waals surface area contributed by atoms with Gasteiger partial charge < -0.3 is 4.74 Å². The average molecular weight is 193 g/mol. The minimum absolute atomic E-state index is 0.471. The van der Waals surface area contributed by atoms with E-state index in [-0.39, 0.29) is 0 Å². The van der Waals surface area contributed by atoms with Gasteiger partial charge in [-0.05, 0) is 19.3 Å². The van der Waals surface area contributed by atoms with E-state index in [1.807, 2.05) is 0 Å². The number of halogens is 1. The third-order valence-corrected chi connectivity index (χ3v) is 2.81. The molecule has 54 valence electrons. The Balaban J connectivity index is 2.30. The zero-order valence-electron chi connectivity index (χ0n) is 5.77. The first-order valence-corrected chi connectivity index (χ1v) is 4.52. The normalized spacial score (nSPS) is 36.7. The molecular formula is C7H13BrO. The van der Waals surface area contributed by atoms with Crippen LogP contribution in [-0.4, -0.2) is 17.5 Å². The Morgan fingerprint density at radius 1 is 1.67 bits per heavy atom. The van der Waals surface area contributed by atoms with Gasteiger partial charge in [0, 0.05) is 11.4 Å². The summed E-state index contributed by atoms with van der Waals surface area (Å²) in [6.45, 7) is 3.13. The van der Waals surface area contributed by atoms with Crippen molar-refractivity contribution in [2.75, 3.05) is 6.61 Å². The fourth-order valence-electron chi connectivity index (χ4n) is 1.18. The maximum absolute atomic E-state index is 5.49. The van der Waals surface area contributed by atoms with E-state index in [1.165, 1.54) is 12.8 Å². The minimum atomic E-state index is 0.471. The van der Waals surface area contributed by atoms with Gasteiger partial charge in [-0.3, -0.25) is 0 Å². The molecule has 0 spiro atoms. The van der Waals surface area contributed by atoms with Crippen LogP contribution in [0.1, 0.15) is 26.2 Å². The molecule has 0 aliphatic carbocycles. The second-order valence-electron chi connectivity index (χ2n) is 2.48. The van der Waals surface area contributed by atoms with E-state index in [0.29, 0.717) is 10.9 Å². The molecule has 1 saturated heterocycles. The summed E-state index contributed by atoms with van der Waals surface area (Å²) in [5.41, 5.74) is 0. The molecule has 1 rings (SSSR count). The summed E-state index contributed by atoms with van der Waals surface area (Å²) in [4.78, 5) is 0.608. The average Bonchev–Trinajstić information content (AvgIpc) is 1.89. The molecule has 2 atom stereocenters. The molecule has 0 aromatic heterocycles. The Bertz CT molecular complexity index is 85.0. The largest absolute Gasteiger partial charge is 0.377 e. The molecule has 9 heavy (non-hydrogen) atoms. The van der Waals surface area contributed by atoms with E-state index in [2.05, 4.69) is 22.9 Å². The van der Waals surface area contributed by atoms with Crippen LogP contribution in [-0.2, 0) is 4.74 Å². The highest BCUT2D eigenvalue weighted by Gasteiger charge is 2.20. The Morgan fingerprint density at radius 2 is 2.44 bits per heavy atom. The van der Waals surface area contributed by atoms with E-state index in [4.69, 9.17) is 4.74 Å². The lowest BCUT2D eigenvalue weighted by molar-refractivity contribution is 0.0209. The first-order valence-electron chi connectivity index (χ1n) is 3.60. The van der Waals surface area contributed by atoms with Crippen LogP contribution in [0.2, 0.25) is 0 Å². The maximum Gasteiger partial charge on any atom is 0.0697 e. The molecule has 0 unspecified atom stereocenters. The van der Waals surface area contributed by atoms with E-state index in [0.717, 1.165) is 13.0 Å². The van der Waals surface area contributed by atoms with Gasteiger partial charge in [0.1, 0.15) is 0 Å². The lowest BCUT2D eigenvalue weighted by Gasteiger charge is -2.26. The summed E-state index contributed by atoms with van der Waals surface area (Å²) in [6, 6.07) is 0. The van der Waals surface area contributed by atoms with Gasteiger partial charge in [-0.15, -0.1) is 0 Å². The van der Waals surface area contributed by atoms with Gasteiger partial charge in [0.25, 0.3) is 0 Å². The van der Waals surface area contributed by atoms with Crippen molar-refractivity contribution in [3.05, 3.63) is 0 Å². The van der Waals surface area contributed by atoms with Gasteiger partial charge in [0.2, 0.25) is 0 Å². The summed E-state index contributed by atoms with van der Waals surface area (Å²) in [7, 11) is 0. The van der Waals surface area contributed by atoms with Gasteiger partial charge in [-0.2, -0.15) is 0 Å². The predicted octanol–water partition coefficient (Wildman–Crippen LogP) is 2.34. The van der Waals surface area contributed by atoms with Gasteiger partial charge in [0.15, 0.2) is 0 Å². The molecular weight excluding hydrogens is 180 g/mol. The van der Waals surface area contributed by atoms with Crippen LogP contribution in [0, 0.1) is 0 Å². The molecule has 0 radical (unpaired) electrons. The van der Waals surface area contributed by atoms with Crippen LogP contribution in [0.3, 0.4) is 0 Å². The maximum atomic E-state index is 5.49. The van der Waals surface area contributed by atoms with Crippen molar-refractivity contribution in [1.82, 2.24) is 0 Å². The third kappa shape index (κ3) is 1.94. The Kier molecular flexibility index (Phi) is 2.99. The lowest BCUT2D eigenvalue weighted by atomic mass is 10.1. The third-order valence-electron chi connectivity index (χ3n) is 1.76. The van der Waals surface area contributed by atoms with Crippen LogP contribution < -0.4 is 0 Å². The minimum Gasteiger partial charge on any atom is -0.377 e. The molecule has 1 aliphatic heterocycles. The molecule has 2 heteroatoms. The standard InChI is InChI=1S/C7H13BrO/c1-2-7-6(8)4-3-5-9-7/h6-7H,2-5H2,1H3/t6-,7+/m1/s1. The topological polar surface area (TPSA) is 9.23 Å². The van der Waals surface area contributed by atoms with Crippen molar-refractivity contribution < 1.29 is 4.74 Å². The van der Waals surface area contributed by atoms with Crippen LogP contribution in [0.25, 0.3) is 0 Å². The van der Waals surface area contributed by atoms with Gasteiger partial charge in [0.05, 0.1) is 6.10 Å². The highest BCUT2D eigenvalue weighted by molar-refractivity contribution is 9.09. The van der Waals surface area contributed by atoms with Gasteiger partial charge in [-0.1, -0.05) is 22.9 Å². The zero-order valence-corrected chi connectivity index (χ0v) is 7.36. The summed E-state index contributed by atoms with van der Waals surface area (Å²) in [5, 5.41) is 0. The molecule has 1 heterocycles. The zero-order chi connectivity index (χ0) is 6.69. The second-order valence-corrected chi connectivity index (χ2v) is 3.65. The predicted molar refractivity (Wildman–Crippen MR) is 42.0 cm³/mol. The van der Waals surface area contributed by atoms with Crippen molar-refractivity contribution in [3.63, 3.8) is 0 Å². The number of ether oxygens (including phenoxy) is 1. The molecule has 0 bridgehead atoms. The lowest BCUT2D eigenvalue weighted by Crippen LogP contribution is -2.28. The number of hydrogen-bond donors (Lipinski definition) is 0. The monoisotopic (exact) mass is 192 g/mol. The van der Waals surface area contributed by atoms with Crippen molar-refractivity contribution in [2.24, 2.45) is 0 Å². The molecule has 0 amide bonds. The summed E-state index contributed by atoms with van der Waals surface area (Å²) < 4.78 is 5.49. The summed E-state index contributed by atoms with van der Waals surface area (Å²) >= 11 is 3.59. The first kappa shape index (κ1) is 7.55. The fourth-order valence-corrected chi connectivity index (χ4v) is 2.03. The Morgan fingerprint density at radius 3 is 2.89 bits per heavy atom. The van der Waals surface area contributed by atoms with Crippen LogP contribution in [0.15, 0.2) is 0 Å². The Hall–Kier alpha value is 0.440. The van der Waals surface area contributed by atoms with Gasteiger partial charge in [-0.25, -0.2) is 0 Å². The number of rotatable bonds is 1. The van der Waals surface area contributed by atoms with Crippen molar-refractivity contribution in [1.29, 1.82) is 0 Å². The van der Waals surface area contributed by atoms with Crippen molar-refractivity contribution in [2.45, 2.75) is 37.1 Å². The quantitative estimate of drug-likeness (QED) is 0.580. The fraction of sp³-hybridized carbons (Fsp3) is 1.00. The molecule has 1 aliphatic rings. The molecule has 0 saturated carbocycles. The molecule has 1 fully saturated rings. The van der Waals surface area contributed by atoms with E-state index < -0.39 is 0 Å². The highest BCUT2D eigenvalue weighted by Crippen LogP contribution is 2.22. The highest BCUT2D eigenvalue weighted by atomic mass is 79.9. The van der Waals surface area contributed by atoms with Crippen LogP contribution >= 0.6 is 15.9 Å². The smallest absolute Gasteiger partial charge is 0.0697 e. The van der Waals surface area contributed by atoms with E-state index in [9.17, 15) is 0 Å². The van der Waals surface area contributed by atoms with E-state index in [1.54, 1.807) is 0 Å². The molecule has 1 nitrogen and oxygen atoms in total. The van der Waals surface area contributed by atoms with Crippen LogP contribution in [0.5, 0.6) is 0 Å². The summed E-state index contributed by atoms with van der Waals surface area (Å²) in [5.74, 6) is 0. The Labute approximate surface area is 64.9 Å². The number of alkyl halides is 1. The number of hydrogen-bond acceptors (Lipinski definition) is 1. The second kappa shape index (κ2) is 3.57. The first-order chi connectivity index (χ1) is 4.34. The molecule has 0 N–H and O–H groups in total. The van der Waals surface area contributed by atoms with Crippen molar-refractivity contribution in [3.8, 4) is 0 Å².